The van der Waals surface area contributed by atoms with E-state index in [1.807, 2.05) is 65.8 Å². The second-order valence-electron chi connectivity index (χ2n) is 3.76. The van der Waals surface area contributed by atoms with Crippen LogP contribution >= 0.6 is 0 Å². The maximum atomic E-state index is 9.59. The molecule has 26 heavy (non-hydrogen) atoms. The summed E-state index contributed by atoms with van der Waals surface area (Å²) in [6.07, 6.45) is 11.5. The number of carbonyl (C=O) groups is 2. The van der Waals surface area contributed by atoms with E-state index in [1.165, 1.54) is 28.1 Å². The van der Waals surface area contributed by atoms with Crippen LogP contribution in [0.1, 0.15) is 55.4 Å². The van der Waals surface area contributed by atoms with Gasteiger partial charge in [0.05, 0.1) is 14.2 Å². The van der Waals surface area contributed by atoms with E-state index in [0.717, 1.165) is 0 Å². The van der Waals surface area contributed by atoms with Gasteiger partial charge in [0.25, 0.3) is 0 Å². The molecule has 0 atom stereocenters. The maximum Gasteiger partial charge on any atom is 0.302 e. The molecule has 0 spiro atoms. The number of allylic oxidation sites excluding steroid dienone is 4. The van der Waals surface area contributed by atoms with E-state index in [-0.39, 0.29) is 11.9 Å². The van der Waals surface area contributed by atoms with Crippen molar-refractivity contribution in [2.45, 2.75) is 55.4 Å². The standard InChI is InChI=1S/2C4H8.2C3H7N.2C3H6O2/c4*1-3-4-2;2*1-3(4)5-2/h2*3-4H,1-2H3;2*3H,1-2H3;2*1-2H3/b4-3+;;;;;. The minimum absolute atomic E-state index is 0.245. The number of esters is 2. The molecule has 0 heterocycles. The molecule has 0 aliphatic carbocycles. The fourth-order valence-electron chi connectivity index (χ4n) is 0. The number of methoxy groups -OCH3 is 2. The molecule has 0 aliphatic rings. The van der Waals surface area contributed by atoms with Crippen LogP contribution in [0.2, 0.25) is 0 Å². The van der Waals surface area contributed by atoms with Gasteiger partial charge >= 0.3 is 11.9 Å². The molecule has 0 bridgehead atoms. The lowest BCUT2D eigenvalue weighted by molar-refractivity contribution is -0.138. The zero-order valence-corrected chi connectivity index (χ0v) is 19.0. The third-order valence-corrected chi connectivity index (χ3v) is 1.76. The summed E-state index contributed by atoms with van der Waals surface area (Å²) in [7, 11) is 6.20. The molecule has 156 valence electrons. The molecule has 0 aromatic rings. The lowest BCUT2D eigenvalue weighted by atomic mass is 10.6. The Morgan fingerprint density at radius 3 is 0.731 bits per heavy atom. The average Bonchev–Trinajstić information content (AvgIpc) is 2.68. The summed E-state index contributed by atoms with van der Waals surface area (Å²) in [4.78, 5) is 26.4. The van der Waals surface area contributed by atoms with Gasteiger partial charge < -0.3 is 19.5 Å². The van der Waals surface area contributed by atoms with E-state index in [2.05, 4.69) is 19.5 Å². The molecule has 0 amide bonds. The van der Waals surface area contributed by atoms with E-state index >= 15 is 0 Å². The van der Waals surface area contributed by atoms with Crippen LogP contribution in [-0.4, -0.2) is 52.7 Å². The molecule has 0 aliphatic heterocycles. The van der Waals surface area contributed by atoms with Gasteiger partial charge in [-0.15, -0.1) is 0 Å². The minimum Gasteiger partial charge on any atom is -0.469 e. The van der Waals surface area contributed by atoms with Gasteiger partial charge in [-0.25, -0.2) is 0 Å². The van der Waals surface area contributed by atoms with Crippen molar-refractivity contribution in [3.05, 3.63) is 24.3 Å². The molecule has 0 rings (SSSR count). The number of rotatable bonds is 0. The van der Waals surface area contributed by atoms with Crippen LogP contribution in [0.25, 0.3) is 0 Å². The van der Waals surface area contributed by atoms with Gasteiger partial charge in [-0.3, -0.25) is 9.59 Å². The lowest BCUT2D eigenvalue weighted by Crippen LogP contribution is -1.88. The predicted octanol–water partition coefficient (Wildman–Crippen LogP) is 4.94. The maximum absolute atomic E-state index is 9.59. The predicted molar refractivity (Wildman–Crippen MR) is 117 cm³/mol. The fraction of sp³-hybridized carbons (Fsp3) is 0.600. The summed E-state index contributed by atoms with van der Waals surface area (Å²) in [5.74, 6) is -0.491. The summed E-state index contributed by atoms with van der Waals surface area (Å²) >= 11 is 0. The number of hydrogen-bond acceptors (Lipinski definition) is 6. The smallest absolute Gasteiger partial charge is 0.302 e. The van der Waals surface area contributed by atoms with Crippen molar-refractivity contribution in [3.63, 3.8) is 0 Å². The molecule has 0 unspecified atom stereocenters. The summed E-state index contributed by atoms with van der Waals surface area (Å²) < 4.78 is 8.22. The van der Waals surface area contributed by atoms with E-state index in [4.69, 9.17) is 0 Å². The topological polar surface area (TPSA) is 77.3 Å². The van der Waals surface area contributed by atoms with E-state index in [0.29, 0.717) is 0 Å². The first kappa shape index (κ1) is 39.0. The number of hydrogen-bond donors (Lipinski definition) is 0. The summed E-state index contributed by atoms with van der Waals surface area (Å²) in [6.45, 7) is 14.5. The Morgan fingerprint density at radius 1 is 0.615 bits per heavy atom. The molecule has 6 heteroatoms. The van der Waals surface area contributed by atoms with Crippen LogP contribution in [0.15, 0.2) is 34.3 Å². The highest BCUT2D eigenvalue weighted by atomic mass is 16.5. The van der Waals surface area contributed by atoms with Gasteiger partial charge in [0.2, 0.25) is 0 Å². The number of carbonyl (C=O) groups excluding carboxylic acids is 2. The van der Waals surface area contributed by atoms with Gasteiger partial charge in [0, 0.05) is 27.9 Å². The largest absolute Gasteiger partial charge is 0.469 e. The molecule has 6 nitrogen and oxygen atoms in total. The van der Waals surface area contributed by atoms with E-state index in [9.17, 15) is 9.59 Å². The van der Waals surface area contributed by atoms with Gasteiger partial charge in [-0.05, 0) is 54.0 Å². The van der Waals surface area contributed by atoms with Gasteiger partial charge in [-0.1, -0.05) is 24.3 Å². The first-order chi connectivity index (χ1) is 12.2. The highest BCUT2D eigenvalue weighted by Crippen LogP contribution is 1.61. The first-order valence-electron chi connectivity index (χ1n) is 8.17. The van der Waals surface area contributed by atoms with Gasteiger partial charge in [0.1, 0.15) is 0 Å². The second-order valence-corrected chi connectivity index (χ2v) is 3.76. The zero-order chi connectivity index (χ0) is 22.2. The zero-order valence-electron chi connectivity index (χ0n) is 19.0. The molecule has 0 radical (unpaired) electrons. The molecular weight excluding hydrogens is 332 g/mol. The van der Waals surface area contributed by atoms with Crippen molar-refractivity contribution in [2.24, 2.45) is 9.98 Å². The van der Waals surface area contributed by atoms with Gasteiger partial charge in [-0.2, -0.15) is 0 Å². The molecule has 0 saturated heterocycles. The van der Waals surface area contributed by atoms with Crippen LogP contribution in [-0.2, 0) is 19.1 Å². The Morgan fingerprint density at radius 2 is 0.731 bits per heavy atom. The average molecular weight is 375 g/mol. The van der Waals surface area contributed by atoms with Gasteiger partial charge in [0.15, 0.2) is 0 Å². The Hall–Kier alpha value is -2.24. The Bertz CT molecular complexity index is 278. The first-order valence-corrected chi connectivity index (χ1v) is 8.17. The van der Waals surface area contributed by atoms with Crippen LogP contribution in [0.3, 0.4) is 0 Å². The minimum atomic E-state index is -0.245. The third kappa shape index (κ3) is 283. The summed E-state index contributed by atoms with van der Waals surface area (Å²) in [6, 6.07) is 0. The van der Waals surface area contributed by atoms with Crippen molar-refractivity contribution in [3.8, 4) is 0 Å². The van der Waals surface area contributed by atoms with E-state index in [1.54, 1.807) is 26.5 Å². The van der Waals surface area contributed by atoms with Crippen LogP contribution in [0.5, 0.6) is 0 Å². The van der Waals surface area contributed by atoms with Crippen molar-refractivity contribution in [1.82, 2.24) is 0 Å². The van der Waals surface area contributed by atoms with Crippen molar-refractivity contribution < 1.29 is 19.1 Å². The number of nitrogens with zero attached hydrogens (tertiary/aromatic N) is 2. The quantitative estimate of drug-likeness (QED) is 0.342. The summed E-state index contributed by atoms with van der Waals surface area (Å²) in [5, 5.41) is 0. The molecule has 0 N–H and O–H groups in total. The third-order valence-electron chi connectivity index (χ3n) is 1.76. The highest BCUT2D eigenvalue weighted by Gasteiger charge is 1.76. The monoisotopic (exact) mass is 374 g/mol. The molecule has 0 aromatic heterocycles. The van der Waals surface area contributed by atoms with Crippen LogP contribution in [0, 0.1) is 0 Å². The Kier molecular flexibility index (Phi) is 85.4. The van der Waals surface area contributed by atoms with Crippen molar-refractivity contribution in [2.75, 3.05) is 28.3 Å². The van der Waals surface area contributed by atoms with Crippen LogP contribution in [0.4, 0.5) is 0 Å². The highest BCUT2D eigenvalue weighted by molar-refractivity contribution is 5.65. The molecule has 0 saturated carbocycles. The Labute approximate surface area is 162 Å². The molecule has 0 fully saturated rings. The van der Waals surface area contributed by atoms with E-state index < -0.39 is 0 Å². The second kappa shape index (κ2) is 56.9. The van der Waals surface area contributed by atoms with Crippen molar-refractivity contribution >= 4 is 24.4 Å². The fourth-order valence-corrected chi connectivity index (χ4v) is 0. The Balaban J connectivity index is -0.0000000463. The number of ether oxygens (including phenoxy) is 2. The normalized spacial score (nSPS) is 8.46. The SMILES string of the molecule is C/C=C/C.CC=CC.CC=NC.CC=NC.COC(C)=O.COC(C)=O. The lowest BCUT2D eigenvalue weighted by Gasteiger charge is -1.80. The van der Waals surface area contributed by atoms with Crippen molar-refractivity contribution in [1.29, 1.82) is 0 Å². The number of aliphatic imine (C=N–C) groups is 2. The molecule has 0 aromatic carbocycles. The molecular formula is C20H42N2O4. The van der Waals surface area contributed by atoms with Crippen LogP contribution < -0.4 is 0 Å². The summed E-state index contributed by atoms with van der Waals surface area (Å²) in [5.41, 5.74) is 0.